The third-order valence-electron chi connectivity index (χ3n) is 4.35. The monoisotopic (exact) mass is 388 g/mol. The van der Waals surface area contributed by atoms with Gasteiger partial charge in [0.1, 0.15) is 10.6 Å². The van der Waals surface area contributed by atoms with E-state index in [-0.39, 0.29) is 35.8 Å². The summed E-state index contributed by atoms with van der Waals surface area (Å²) in [5, 5.41) is 2.78. The first-order valence-corrected chi connectivity index (χ1v) is 9.94. The van der Waals surface area contributed by atoms with E-state index in [1.807, 2.05) is 24.3 Å². The summed E-state index contributed by atoms with van der Waals surface area (Å²) in [6.07, 6.45) is 0.363. The lowest BCUT2D eigenvalue weighted by molar-refractivity contribution is -0.121. The van der Waals surface area contributed by atoms with Crippen molar-refractivity contribution in [2.24, 2.45) is 0 Å². The number of fused-ring (bicyclic) bond motifs is 1. The molecule has 0 bridgehead atoms. The van der Waals surface area contributed by atoms with Crippen LogP contribution in [0.1, 0.15) is 28.8 Å². The lowest BCUT2D eigenvalue weighted by atomic mass is 10.2. The molecular formula is C19H20N2O5S. The summed E-state index contributed by atoms with van der Waals surface area (Å²) in [5.74, 6) is -0.0770. The van der Waals surface area contributed by atoms with Crippen LogP contribution in [0, 0.1) is 0 Å². The van der Waals surface area contributed by atoms with Gasteiger partial charge in [-0.1, -0.05) is 30.3 Å². The molecule has 1 heterocycles. The zero-order chi connectivity index (χ0) is 19.4. The SMILES string of the molecule is COc1ccccc1CNC(=O)CCCN1C(=O)c2ccccc2S1(=O)=O. The number of hydrogen-bond acceptors (Lipinski definition) is 5. The number of methoxy groups -OCH3 is 1. The number of carbonyl (C=O) groups is 2. The predicted octanol–water partition coefficient (Wildman–Crippen LogP) is 1.94. The number of nitrogens with one attached hydrogen (secondary N) is 1. The van der Waals surface area contributed by atoms with Crippen LogP contribution < -0.4 is 10.1 Å². The maximum atomic E-state index is 12.4. The first-order chi connectivity index (χ1) is 12.9. The number of para-hydroxylation sites is 1. The van der Waals surface area contributed by atoms with E-state index in [1.54, 1.807) is 19.2 Å². The van der Waals surface area contributed by atoms with Crippen molar-refractivity contribution in [3.63, 3.8) is 0 Å². The summed E-state index contributed by atoms with van der Waals surface area (Å²) in [6, 6.07) is 13.5. The normalized spacial score (nSPS) is 14.7. The average Bonchev–Trinajstić information content (AvgIpc) is 2.87. The summed E-state index contributed by atoms with van der Waals surface area (Å²) in [6.45, 7) is 0.285. The average molecular weight is 388 g/mol. The van der Waals surface area contributed by atoms with Crippen LogP contribution in [0.15, 0.2) is 53.4 Å². The predicted molar refractivity (Wildman–Crippen MR) is 98.7 cm³/mol. The Morgan fingerprint density at radius 3 is 2.56 bits per heavy atom. The number of ether oxygens (including phenoxy) is 1. The van der Waals surface area contributed by atoms with Gasteiger partial charge in [-0.25, -0.2) is 12.7 Å². The quantitative estimate of drug-likeness (QED) is 0.782. The number of amides is 2. The highest BCUT2D eigenvalue weighted by molar-refractivity contribution is 7.90. The molecule has 1 N–H and O–H groups in total. The van der Waals surface area contributed by atoms with E-state index in [0.717, 1.165) is 9.87 Å². The van der Waals surface area contributed by atoms with E-state index in [4.69, 9.17) is 4.74 Å². The zero-order valence-corrected chi connectivity index (χ0v) is 15.7. The fourth-order valence-corrected chi connectivity index (χ4v) is 4.57. The molecule has 0 atom stereocenters. The molecule has 0 fully saturated rings. The van der Waals surface area contributed by atoms with Gasteiger partial charge in [0.25, 0.3) is 15.9 Å². The highest BCUT2D eigenvalue weighted by Gasteiger charge is 2.40. The van der Waals surface area contributed by atoms with Crippen LogP contribution in [-0.2, 0) is 21.4 Å². The molecule has 7 nitrogen and oxygen atoms in total. The third-order valence-corrected chi connectivity index (χ3v) is 6.19. The van der Waals surface area contributed by atoms with E-state index in [9.17, 15) is 18.0 Å². The second kappa shape index (κ2) is 7.79. The maximum Gasteiger partial charge on any atom is 0.269 e. The molecule has 27 heavy (non-hydrogen) atoms. The van der Waals surface area contributed by atoms with Crippen LogP contribution in [-0.4, -0.2) is 38.2 Å². The van der Waals surface area contributed by atoms with Crippen molar-refractivity contribution >= 4 is 21.8 Å². The summed E-state index contributed by atoms with van der Waals surface area (Å²) < 4.78 is 31.0. The van der Waals surface area contributed by atoms with Gasteiger partial charge in [-0.15, -0.1) is 0 Å². The minimum atomic E-state index is -3.82. The van der Waals surface area contributed by atoms with Crippen LogP contribution >= 0.6 is 0 Å². The molecule has 142 valence electrons. The highest BCUT2D eigenvalue weighted by atomic mass is 32.2. The van der Waals surface area contributed by atoms with Gasteiger partial charge in [0.05, 0.1) is 12.7 Å². The summed E-state index contributed by atoms with van der Waals surface area (Å²) in [4.78, 5) is 24.4. The number of hydrogen-bond donors (Lipinski definition) is 1. The van der Waals surface area contributed by atoms with Crippen molar-refractivity contribution in [3.05, 3.63) is 59.7 Å². The van der Waals surface area contributed by atoms with E-state index < -0.39 is 15.9 Å². The largest absolute Gasteiger partial charge is 0.496 e. The van der Waals surface area contributed by atoms with Crippen molar-refractivity contribution < 1.29 is 22.7 Å². The Bertz CT molecular complexity index is 972. The fraction of sp³-hybridized carbons (Fsp3) is 0.263. The van der Waals surface area contributed by atoms with Crippen molar-refractivity contribution in [1.82, 2.24) is 9.62 Å². The first kappa shape index (κ1) is 18.9. The number of benzene rings is 2. The van der Waals surface area contributed by atoms with Gasteiger partial charge in [-0.05, 0) is 24.6 Å². The number of nitrogens with zero attached hydrogens (tertiary/aromatic N) is 1. The van der Waals surface area contributed by atoms with Gasteiger partial charge in [-0.3, -0.25) is 9.59 Å². The summed E-state index contributed by atoms with van der Waals surface area (Å²) in [5.41, 5.74) is 1.03. The lowest BCUT2D eigenvalue weighted by Crippen LogP contribution is -2.32. The smallest absolute Gasteiger partial charge is 0.269 e. The second-order valence-electron chi connectivity index (χ2n) is 6.07. The van der Waals surface area contributed by atoms with Crippen LogP contribution in [0.5, 0.6) is 5.75 Å². The molecule has 0 spiro atoms. The van der Waals surface area contributed by atoms with Crippen LogP contribution in [0.2, 0.25) is 0 Å². The lowest BCUT2D eigenvalue weighted by Gasteiger charge is -2.15. The highest BCUT2D eigenvalue weighted by Crippen LogP contribution is 2.30. The number of sulfonamides is 1. The summed E-state index contributed by atoms with van der Waals surface area (Å²) >= 11 is 0. The van der Waals surface area contributed by atoms with Gasteiger partial charge < -0.3 is 10.1 Å². The Balaban J connectivity index is 1.53. The Morgan fingerprint density at radius 1 is 1.11 bits per heavy atom. The molecule has 0 saturated heterocycles. The molecule has 2 amide bonds. The van der Waals surface area contributed by atoms with Crippen molar-refractivity contribution in [1.29, 1.82) is 0 Å². The molecule has 0 aromatic heterocycles. The van der Waals surface area contributed by atoms with Crippen LogP contribution in [0.3, 0.4) is 0 Å². The summed E-state index contributed by atoms with van der Waals surface area (Å²) in [7, 11) is -2.26. The second-order valence-corrected chi connectivity index (χ2v) is 7.90. The molecule has 0 aliphatic carbocycles. The Morgan fingerprint density at radius 2 is 1.81 bits per heavy atom. The van der Waals surface area contributed by atoms with E-state index in [2.05, 4.69) is 5.32 Å². The van der Waals surface area contributed by atoms with E-state index in [1.165, 1.54) is 12.1 Å². The molecule has 1 aliphatic heterocycles. The molecule has 3 rings (SSSR count). The molecule has 0 saturated carbocycles. The number of rotatable bonds is 7. The molecule has 8 heteroatoms. The van der Waals surface area contributed by atoms with Crippen LogP contribution in [0.25, 0.3) is 0 Å². The topological polar surface area (TPSA) is 92.8 Å². The first-order valence-electron chi connectivity index (χ1n) is 8.50. The molecule has 2 aromatic rings. The van der Waals surface area contributed by atoms with Crippen LogP contribution in [0.4, 0.5) is 0 Å². The minimum Gasteiger partial charge on any atom is -0.496 e. The van der Waals surface area contributed by atoms with Gasteiger partial charge in [0, 0.05) is 25.1 Å². The van der Waals surface area contributed by atoms with Gasteiger partial charge >= 0.3 is 0 Å². The number of carbonyl (C=O) groups excluding carboxylic acids is 2. The third kappa shape index (κ3) is 3.80. The van der Waals surface area contributed by atoms with Gasteiger partial charge in [-0.2, -0.15) is 0 Å². The van der Waals surface area contributed by atoms with Gasteiger partial charge in [0.2, 0.25) is 5.91 Å². The maximum absolute atomic E-state index is 12.4. The Hall–Kier alpha value is -2.87. The molecule has 2 aromatic carbocycles. The Labute approximate surface area is 158 Å². The molecule has 1 aliphatic rings. The fourth-order valence-electron chi connectivity index (χ4n) is 2.97. The van der Waals surface area contributed by atoms with E-state index >= 15 is 0 Å². The zero-order valence-electron chi connectivity index (χ0n) is 14.8. The van der Waals surface area contributed by atoms with E-state index in [0.29, 0.717) is 12.3 Å². The van der Waals surface area contributed by atoms with Gasteiger partial charge in [0.15, 0.2) is 0 Å². The standard InChI is InChI=1S/C19H20N2O5S/c1-26-16-9-4-2-7-14(16)13-20-18(22)11-6-12-21-19(23)15-8-3-5-10-17(15)27(21,24)25/h2-5,7-10H,6,11-13H2,1H3,(H,20,22). The van der Waals surface area contributed by atoms with Crippen molar-refractivity contribution in [3.8, 4) is 5.75 Å². The van der Waals surface area contributed by atoms with Crippen molar-refractivity contribution in [2.75, 3.05) is 13.7 Å². The molecular weight excluding hydrogens is 368 g/mol. The molecule has 0 unspecified atom stereocenters. The Kier molecular flexibility index (Phi) is 5.46. The van der Waals surface area contributed by atoms with Crippen molar-refractivity contribution in [2.45, 2.75) is 24.3 Å². The minimum absolute atomic E-state index is 0.0237. The molecule has 0 radical (unpaired) electrons.